The second-order valence-electron chi connectivity index (χ2n) is 4.47. The van der Waals surface area contributed by atoms with E-state index in [0.29, 0.717) is 18.3 Å². The summed E-state index contributed by atoms with van der Waals surface area (Å²) in [5.41, 5.74) is 4.48. The predicted octanol–water partition coefficient (Wildman–Crippen LogP) is 1.32. The van der Waals surface area contributed by atoms with Gasteiger partial charge in [-0.1, -0.05) is 6.92 Å². The van der Waals surface area contributed by atoms with Crippen LogP contribution in [0.2, 0.25) is 0 Å². The highest BCUT2D eigenvalue weighted by Gasteiger charge is 2.16. The van der Waals surface area contributed by atoms with Crippen LogP contribution in [0.5, 0.6) is 5.88 Å². The van der Waals surface area contributed by atoms with Crippen molar-refractivity contribution >= 4 is 18.1 Å². The maximum Gasteiger partial charge on any atom is 0.291 e. The Balaban J connectivity index is 2.34. The van der Waals surface area contributed by atoms with Crippen LogP contribution < -0.4 is 10.2 Å². The molecule has 0 aliphatic carbocycles. The minimum absolute atomic E-state index is 0.222. The number of aromatic nitrogens is 3. The molecule has 2 aromatic heterocycles. The third kappa shape index (κ3) is 3.00. The Morgan fingerprint density at radius 1 is 1.45 bits per heavy atom. The molecule has 2 heterocycles. The molecule has 0 unspecified atom stereocenters. The molecule has 0 spiro atoms. The fourth-order valence-corrected chi connectivity index (χ4v) is 2.09. The van der Waals surface area contributed by atoms with Crippen LogP contribution in [0.3, 0.4) is 0 Å². The van der Waals surface area contributed by atoms with Gasteiger partial charge in [-0.15, -0.1) is 5.10 Å². The summed E-state index contributed by atoms with van der Waals surface area (Å²) in [5.74, 6) is 0.503. The molecule has 1 amide bonds. The van der Waals surface area contributed by atoms with E-state index < -0.39 is 5.91 Å². The number of aryl methyl sites for hydroxylation is 1. The molecule has 118 valence electrons. The number of carbonyl (C=O) groups excluding carboxylic acids is 1. The number of fused-ring (bicyclic) bond motifs is 1. The molecule has 0 saturated heterocycles. The molecule has 0 bridgehead atoms. The first-order valence-corrected chi connectivity index (χ1v) is 6.98. The number of amides is 1. The van der Waals surface area contributed by atoms with Crippen molar-refractivity contribution in [2.45, 2.75) is 27.2 Å². The van der Waals surface area contributed by atoms with Crippen LogP contribution in [-0.2, 0) is 11.2 Å². The van der Waals surface area contributed by atoms with Crippen LogP contribution in [0.25, 0.3) is 5.78 Å². The van der Waals surface area contributed by atoms with E-state index in [1.165, 1.54) is 6.40 Å². The van der Waals surface area contributed by atoms with Gasteiger partial charge < -0.3 is 9.47 Å². The molecular weight excluding hydrogens is 286 g/mol. The molecule has 22 heavy (non-hydrogen) atoms. The highest BCUT2D eigenvalue weighted by molar-refractivity contribution is 5.92. The predicted molar refractivity (Wildman–Crippen MR) is 81.2 cm³/mol. The maximum absolute atomic E-state index is 12.0. The number of nitrogens with zero attached hydrogens (tertiary/aromatic N) is 4. The Kier molecular flexibility index (Phi) is 4.92. The van der Waals surface area contributed by atoms with E-state index in [2.05, 4.69) is 20.5 Å². The maximum atomic E-state index is 12.0. The third-order valence-corrected chi connectivity index (χ3v) is 3.18. The Morgan fingerprint density at radius 2 is 2.23 bits per heavy atom. The van der Waals surface area contributed by atoms with E-state index in [9.17, 15) is 4.79 Å². The lowest BCUT2D eigenvalue weighted by Gasteiger charge is -2.10. The van der Waals surface area contributed by atoms with Crippen molar-refractivity contribution < 1.29 is 14.3 Å². The second kappa shape index (κ2) is 6.88. The molecule has 0 atom stereocenters. The summed E-state index contributed by atoms with van der Waals surface area (Å²) < 4.78 is 11.9. The normalized spacial score (nSPS) is 11.1. The molecule has 0 fully saturated rings. The van der Waals surface area contributed by atoms with Crippen LogP contribution in [0.4, 0.5) is 0 Å². The second-order valence-corrected chi connectivity index (χ2v) is 4.47. The standard InChI is InChI=1S/C14H19N5O3/c1-5-10-9(3)19-7-11(12(20)18-15-8-22-6-2)16-14(19)17-13(10)21-4/h7-8H,5-6H2,1-4H3,(H,18,20). The number of nitrogens with one attached hydrogen (secondary N) is 1. The zero-order chi connectivity index (χ0) is 16.1. The molecule has 0 saturated carbocycles. The fraction of sp³-hybridized carbons (Fsp3) is 0.429. The lowest BCUT2D eigenvalue weighted by atomic mass is 10.2. The van der Waals surface area contributed by atoms with Crippen molar-refractivity contribution in [3.8, 4) is 5.88 Å². The smallest absolute Gasteiger partial charge is 0.291 e. The Hall–Kier alpha value is -2.64. The molecule has 2 rings (SSSR count). The van der Waals surface area contributed by atoms with Crippen LogP contribution >= 0.6 is 0 Å². The van der Waals surface area contributed by atoms with Gasteiger partial charge in [0.05, 0.1) is 13.7 Å². The van der Waals surface area contributed by atoms with Gasteiger partial charge in [0.15, 0.2) is 12.1 Å². The highest BCUT2D eigenvalue weighted by atomic mass is 16.5. The number of hydrogen-bond acceptors (Lipinski definition) is 6. The van der Waals surface area contributed by atoms with E-state index in [-0.39, 0.29) is 5.69 Å². The topological polar surface area (TPSA) is 90.1 Å². The van der Waals surface area contributed by atoms with Gasteiger partial charge in [-0.3, -0.25) is 9.20 Å². The SMILES string of the molecule is CCOC=NNC(=O)c1cn2c(C)c(CC)c(OC)nc2n1. The van der Waals surface area contributed by atoms with E-state index in [4.69, 9.17) is 9.47 Å². The van der Waals surface area contributed by atoms with Gasteiger partial charge >= 0.3 is 0 Å². The number of imidazole rings is 1. The largest absolute Gasteiger partial charge is 0.482 e. The Bertz CT molecular complexity index is 708. The molecule has 1 N–H and O–H groups in total. The lowest BCUT2D eigenvalue weighted by molar-refractivity contribution is 0.0949. The Morgan fingerprint density at radius 3 is 2.86 bits per heavy atom. The van der Waals surface area contributed by atoms with Crippen molar-refractivity contribution in [3.05, 3.63) is 23.1 Å². The highest BCUT2D eigenvalue weighted by Crippen LogP contribution is 2.22. The summed E-state index contributed by atoms with van der Waals surface area (Å²) in [5, 5.41) is 3.66. The molecule has 2 aromatic rings. The van der Waals surface area contributed by atoms with Gasteiger partial charge in [0.1, 0.15) is 0 Å². The van der Waals surface area contributed by atoms with Crippen molar-refractivity contribution in [2.24, 2.45) is 5.10 Å². The lowest BCUT2D eigenvalue weighted by Crippen LogP contribution is -2.18. The molecule has 0 aliphatic heterocycles. The summed E-state index contributed by atoms with van der Waals surface area (Å²) >= 11 is 0. The summed E-state index contributed by atoms with van der Waals surface area (Å²) in [6, 6.07) is 0. The average Bonchev–Trinajstić information content (AvgIpc) is 2.95. The van der Waals surface area contributed by atoms with E-state index in [0.717, 1.165) is 17.7 Å². The minimum atomic E-state index is -0.433. The van der Waals surface area contributed by atoms with Crippen molar-refractivity contribution in [1.29, 1.82) is 0 Å². The fourth-order valence-electron chi connectivity index (χ4n) is 2.09. The van der Waals surface area contributed by atoms with Crippen LogP contribution in [0.1, 0.15) is 35.6 Å². The van der Waals surface area contributed by atoms with Gasteiger partial charge in [0.25, 0.3) is 5.91 Å². The molecule has 8 heteroatoms. The minimum Gasteiger partial charge on any atom is -0.482 e. The Labute approximate surface area is 128 Å². The van der Waals surface area contributed by atoms with Crippen molar-refractivity contribution in [2.75, 3.05) is 13.7 Å². The average molecular weight is 305 g/mol. The van der Waals surface area contributed by atoms with Gasteiger partial charge in [0, 0.05) is 17.5 Å². The third-order valence-electron chi connectivity index (χ3n) is 3.18. The number of ether oxygens (including phenoxy) is 2. The van der Waals surface area contributed by atoms with Gasteiger partial charge in [-0.2, -0.15) is 4.98 Å². The first-order valence-electron chi connectivity index (χ1n) is 6.98. The molecule has 0 radical (unpaired) electrons. The molecule has 0 aromatic carbocycles. The number of methoxy groups -OCH3 is 1. The number of hydrazone groups is 1. The van der Waals surface area contributed by atoms with Crippen LogP contribution in [0.15, 0.2) is 11.3 Å². The monoisotopic (exact) mass is 305 g/mol. The van der Waals surface area contributed by atoms with Crippen molar-refractivity contribution in [3.63, 3.8) is 0 Å². The van der Waals surface area contributed by atoms with E-state index in [1.807, 2.05) is 20.8 Å². The molecular formula is C14H19N5O3. The van der Waals surface area contributed by atoms with Crippen LogP contribution in [0, 0.1) is 6.92 Å². The first-order chi connectivity index (χ1) is 10.6. The zero-order valence-electron chi connectivity index (χ0n) is 13.1. The summed E-state index contributed by atoms with van der Waals surface area (Å²) in [6.45, 7) is 6.26. The zero-order valence-corrected chi connectivity index (χ0v) is 13.1. The van der Waals surface area contributed by atoms with Crippen molar-refractivity contribution in [1.82, 2.24) is 19.8 Å². The summed E-state index contributed by atoms with van der Waals surface area (Å²) in [6.07, 6.45) is 3.58. The first kappa shape index (κ1) is 15.7. The summed E-state index contributed by atoms with van der Waals surface area (Å²) in [4.78, 5) is 20.5. The number of hydrogen-bond donors (Lipinski definition) is 1. The van der Waals surface area contributed by atoms with Crippen LogP contribution in [-0.4, -0.2) is 40.4 Å². The molecule has 0 aliphatic rings. The van der Waals surface area contributed by atoms with E-state index >= 15 is 0 Å². The van der Waals surface area contributed by atoms with Gasteiger partial charge in [-0.05, 0) is 20.3 Å². The van der Waals surface area contributed by atoms with Gasteiger partial charge in [-0.25, -0.2) is 10.4 Å². The number of rotatable bonds is 6. The van der Waals surface area contributed by atoms with E-state index in [1.54, 1.807) is 17.7 Å². The quantitative estimate of drug-likeness (QED) is 0.494. The number of carbonyl (C=O) groups is 1. The van der Waals surface area contributed by atoms with Gasteiger partial charge in [0.2, 0.25) is 11.7 Å². The summed E-state index contributed by atoms with van der Waals surface area (Å²) in [7, 11) is 1.57. The molecule has 8 nitrogen and oxygen atoms in total.